The molecule has 0 atom stereocenters. The van der Waals surface area contributed by atoms with Gasteiger partial charge in [0.1, 0.15) is 5.82 Å². The number of furan rings is 1. The Kier molecular flexibility index (Phi) is 10.7. The van der Waals surface area contributed by atoms with E-state index in [0.717, 1.165) is 51.2 Å². The molecule has 0 aliphatic heterocycles. The Morgan fingerprint density at radius 1 is 0.764 bits per heavy atom. The third kappa shape index (κ3) is 7.55. The largest absolute Gasteiger partial charge is 0.497 e. The van der Waals surface area contributed by atoms with Gasteiger partial charge in [0.2, 0.25) is 0 Å². The van der Waals surface area contributed by atoms with Crippen molar-refractivity contribution in [3.63, 3.8) is 0 Å². The zero-order valence-electron chi connectivity index (χ0n) is 31.2. The zero-order chi connectivity index (χ0) is 37.6. The van der Waals surface area contributed by atoms with Gasteiger partial charge in [0, 0.05) is 43.4 Å². The molecule has 6 aromatic carbocycles. The summed E-state index contributed by atoms with van der Waals surface area (Å²) in [5.41, 5.74) is 7.28. The molecule has 0 amide bonds. The van der Waals surface area contributed by atoms with E-state index in [-0.39, 0.29) is 25.7 Å². The van der Waals surface area contributed by atoms with Gasteiger partial charge in [-0.1, -0.05) is 98.5 Å². The number of fused-ring (bicyclic) bond motifs is 5. The summed E-state index contributed by atoms with van der Waals surface area (Å²) in [5, 5.41) is 4.73. The Balaban J connectivity index is 0.000000191. The topological polar surface area (TPSA) is 43.9 Å². The van der Waals surface area contributed by atoms with E-state index in [0.29, 0.717) is 33.7 Å². The van der Waals surface area contributed by atoms with Crippen molar-refractivity contribution in [3.05, 3.63) is 157 Å². The van der Waals surface area contributed by atoms with Crippen LogP contribution in [0.5, 0.6) is 0 Å². The van der Waals surface area contributed by atoms with Crippen molar-refractivity contribution >= 4 is 57.0 Å². The van der Waals surface area contributed by atoms with Gasteiger partial charge in [-0.25, -0.2) is 8.78 Å². The Hall–Kier alpha value is -5.27. The SMILES string of the molecule is CC(C)Cc1cc(-c2[c-]cccc2)ncc1[Si](C)(C)C.Fc1cc(F)c2oc3c(-c4nc5ccccc5n4-c4ccc5ccccc5c4)[c-]ccc3c2c1.[Ir]. The summed E-state index contributed by atoms with van der Waals surface area (Å²) in [7, 11) is -1.34. The fourth-order valence-electron chi connectivity index (χ4n) is 7.19. The molecule has 277 valence electrons. The molecule has 0 spiro atoms. The second-order valence-electron chi connectivity index (χ2n) is 15.1. The van der Waals surface area contributed by atoms with E-state index in [4.69, 9.17) is 9.40 Å². The number of hydrogen-bond acceptors (Lipinski definition) is 3. The molecule has 0 saturated carbocycles. The maximum Gasteiger partial charge on any atom is 0.168 e. The summed E-state index contributed by atoms with van der Waals surface area (Å²) < 4.78 is 36.5. The summed E-state index contributed by atoms with van der Waals surface area (Å²) in [6.07, 6.45) is 3.24. The van der Waals surface area contributed by atoms with E-state index >= 15 is 0 Å². The van der Waals surface area contributed by atoms with Gasteiger partial charge >= 0.3 is 0 Å². The molecule has 3 aromatic heterocycles. The second kappa shape index (κ2) is 15.5. The number of benzene rings is 6. The predicted octanol–water partition coefficient (Wildman–Crippen LogP) is 12.1. The summed E-state index contributed by atoms with van der Waals surface area (Å²) >= 11 is 0. The average molecular weight is 920 g/mol. The van der Waals surface area contributed by atoms with Gasteiger partial charge < -0.3 is 14.0 Å². The van der Waals surface area contributed by atoms with Gasteiger partial charge in [0.15, 0.2) is 11.4 Å². The predicted molar refractivity (Wildman–Crippen MR) is 220 cm³/mol. The molecule has 0 fully saturated rings. The molecule has 0 N–H and O–H groups in total. The Morgan fingerprint density at radius 3 is 2.29 bits per heavy atom. The van der Waals surface area contributed by atoms with Gasteiger partial charge in [-0.15, -0.1) is 54.1 Å². The van der Waals surface area contributed by atoms with Crippen LogP contribution in [0.1, 0.15) is 19.4 Å². The number of halogens is 2. The van der Waals surface area contributed by atoms with E-state index < -0.39 is 19.7 Å². The number of aromatic nitrogens is 3. The minimum atomic E-state index is -1.34. The van der Waals surface area contributed by atoms with Crippen LogP contribution in [0.2, 0.25) is 19.6 Å². The van der Waals surface area contributed by atoms with Crippen molar-refractivity contribution in [2.45, 2.75) is 39.9 Å². The van der Waals surface area contributed by atoms with Crippen molar-refractivity contribution in [1.29, 1.82) is 0 Å². The molecule has 0 saturated heterocycles. The van der Waals surface area contributed by atoms with Crippen LogP contribution in [0, 0.1) is 29.7 Å². The fraction of sp³-hybridized carbons (Fsp3) is 0.149. The molecule has 0 bridgehead atoms. The van der Waals surface area contributed by atoms with E-state index in [9.17, 15) is 8.78 Å². The second-order valence-corrected chi connectivity index (χ2v) is 20.1. The van der Waals surface area contributed by atoms with Crippen molar-refractivity contribution < 1.29 is 33.3 Å². The standard InChI is InChI=1S/C29H15F2N2O.C18H24NSi.Ir/c30-19-15-23-21-8-5-9-22(27(21)34-28(23)24(31)16-19)29-32-25-10-3-4-11-26(25)33(29)20-13-12-17-6-1-2-7-18(17)14-20;1-14(2)11-16-12-17(15-9-7-6-8-10-15)19-13-18(16)20(3,4)5;/h1-8,10-16H;6-9,12-14H,11H2,1-5H3;/q2*-1;. The first kappa shape index (κ1) is 38.0. The third-order valence-corrected chi connectivity index (χ3v) is 11.7. The van der Waals surface area contributed by atoms with E-state index in [1.165, 1.54) is 16.8 Å². The number of rotatable bonds is 6. The van der Waals surface area contributed by atoms with Crippen LogP contribution in [0.3, 0.4) is 0 Å². The minimum Gasteiger partial charge on any atom is -0.497 e. The molecule has 8 heteroatoms. The Morgan fingerprint density at radius 2 is 1.53 bits per heavy atom. The average Bonchev–Trinajstić information content (AvgIpc) is 3.74. The van der Waals surface area contributed by atoms with Gasteiger partial charge in [-0.3, -0.25) is 4.98 Å². The van der Waals surface area contributed by atoms with E-state index in [1.807, 2.05) is 60.7 Å². The summed E-state index contributed by atoms with van der Waals surface area (Å²) in [5.74, 6) is -0.104. The van der Waals surface area contributed by atoms with Gasteiger partial charge in [0.25, 0.3) is 0 Å². The minimum absolute atomic E-state index is 0. The first-order valence-electron chi connectivity index (χ1n) is 18.2. The molecule has 0 aliphatic carbocycles. The van der Waals surface area contributed by atoms with Crippen LogP contribution in [-0.2, 0) is 26.5 Å². The smallest absolute Gasteiger partial charge is 0.168 e. The summed E-state index contributed by atoms with van der Waals surface area (Å²) in [6.45, 7) is 11.7. The first-order chi connectivity index (χ1) is 26.0. The summed E-state index contributed by atoms with van der Waals surface area (Å²) in [4.78, 5) is 9.59. The van der Waals surface area contributed by atoms with E-state index in [1.54, 1.807) is 12.1 Å². The van der Waals surface area contributed by atoms with Gasteiger partial charge in [-0.2, -0.15) is 0 Å². The number of imidazole rings is 1. The fourth-order valence-corrected chi connectivity index (χ4v) is 8.78. The van der Waals surface area contributed by atoms with Crippen LogP contribution in [-0.4, -0.2) is 22.6 Å². The van der Waals surface area contributed by atoms with Crippen LogP contribution in [0.4, 0.5) is 8.78 Å². The van der Waals surface area contributed by atoms with Crippen LogP contribution in [0.25, 0.3) is 72.1 Å². The molecule has 9 rings (SSSR count). The van der Waals surface area contributed by atoms with Gasteiger partial charge in [0.05, 0.1) is 30.5 Å². The Labute approximate surface area is 334 Å². The molecule has 0 aliphatic rings. The molecule has 9 aromatic rings. The number of para-hydroxylation sites is 2. The van der Waals surface area contributed by atoms with Crippen molar-refractivity contribution in [1.82, 2.24) is 14.5 Å². The van der Waals surface area contributed by atoms with Gasteiger partial charge in [-0.05, 0) is 64.3 Å². The van der Waals surface area contributed by atoms with Crippen LogP contribution < -0.4 is 5.19 Å². The molecular formula is C47H39F2IrN3OSi-2. The quantitative estimate of drug-likeness (QED) is 0.123. The third-order valence-electron chi connectivity index (χ3n) is 9.64. The number of pyridine rings is 1. The Bertz CT molecular complexity index is 2810. The van der Waals surface area contributed by atoms with E-state index in [2.05, 4.69) is 97.8 Å². The molecular weight excluding hydrogens is 881 g/mol. The molecule has 4 nitrogen and oxygen atoms in total. The normalized spacial score (nSPS) is 11.6. The molecule has 0 unspecified atom stereocenters. The van der Waals surface area contributed by atoms with Crippen LogP contribution >= 0.6 is 0 Å². The maximum absolute atomic E-state index is 14.5. The zero-order valence-corrected chi connectivity index (χ0v) is 34.6. The van der Waals surface area contributed by atoms with Crippen molar-refractivity contribution in [2.75, 3.05) is 0 Å². The van der Waals surface area contributed by atoms with Crippen LogP contribution in [0.15, 0.2) is 132 Å². The first-order valence-corrected chi connectivity index (χ1v) is 21.7. The summed E-state index contributed by atoms with van der Waals surface area (Å²) in [6, 6.07) is 44.7. The number of nitrogens with zero attached hydrogens (tertiary/aromatic N) is 3. The molecule has 3 heterocycles. The number of hydrogen-bond donors (Lipinski definition) is 0. The monoisotopic (exact) mass is 920 g/mol. The molecule has 55 heavy (non-hydrogen) atoms. The molecule has 1 radical (unpaired) electrons. The van der Waals surface area contributed by atoms with Crippen molar-refractivity contribution in [2.24, 2.45) is 5.92 Å². The maximum atomic E-state index is 14.5. The van der Waals surface area contributed by atoms with Crippen molar-refractivity contribution in [3.8, 4) is 28.3 Å².